The van der Waals surface area contributed by atoms with Crippen molar-refractivity contribution in [2.75, 3.05) is 46.0 Å². The van der Waals surface area contributed by atoms with Crippen LogP contribution in [-0.4, -0.2) is 73.9 Å². The van der Waals surface area contributed by atoms with Crippen LogP contribution >= 0.6 is 0 Å². The molecule has 3 rings (SSSR count). The monoisotopic (exact) mass is 397 g/mol. The fourth-order valence-corrected chi connectivity index (χ4v) is 3.17. The standard InChI is InChI=1S/C22H27N3O4/c26-16-20(22(28)23-10-11-25-12-14-29-15-13-25)24-21(27)19-8-6-18(7-9-19)17-4-2-1-3-5-17/h1-9,20,26H,10-16H2,(H,23,28)(H,24,27)/t20-/m0/s1. The summed E-state index contributed by atoms with van der Waals surface area (Å²) in [7, 11) is 0. The summed E-state index contributed by atoms with van der Waals surface area (Å²) in [4.78, 5) is 27.0. The minimum absolute atomic E-state index is 0.394. The summed E-state index contributed by atoms with van der Waals surface area (Å²) >= 11 is 0. The Hall–Kier alpha value is -2.74. The number of benzene rings is 2. The molecule has 1 fully saturated rings. The number of hydrogen-bond donors (Lipinski definition) is 3. The normalized spacial score (nSPS) is 15.5. The number of hydrogen-bond acceptors (Lipinski definition) is 5. The van der Waals surface area contributed by atoms with Crippen molar-refractivity contribution in [2.45, 2.75) is 6.04 Å². The first kappa shape index (κ1) is 21.0. The first-order valence-corrected chi connectivity index (χ1v) is 9.82. The van der Waals surface area contributed by atoms with Crippen molar-refractivity contribution in [2.24, 2.45) is 0 Å². The highest BCUT2D eigenvalue weighted by Gasteiger charge is 2.21. The van der Waals surface area contributed by atoms with Crippen LogP contribution in [0.1, 0.15) is 10.4 Å². The molecular weight excluding hydrogens is 370 g/mol. The molecule has 1 atom stereocenters. The Balaban J connectivity index is 1.50. The Labute approximate surface area is 170 Å². The number of carbonyl (C=O) groups excluding carboxylic acids is 2. The molecule has 0 saturated carbocycles. The Bertz CT molecular complexity index is 789. The van der Waals surface area contributed by atoms with Gasteiger partial charge in [-0.15, -0.1) is 0 Å². The predicted octanol–water partition coefficient (Wildman–Crippen LogP) is 0.893. The summed E-state index contributed by atoms with van der Waals surface area (Å²) < 4.78 is 5.29. The van der Waals surface area contributed by atoms with Crippen molar-refractivity contribution in [1.29, 1.82) is 0 Å². The second-order valence-electron chi connectivity index (χ2n) is 6.90. The quantitative estimate of drug-likeness (QED) is 0.616. The Morgan fingerprint density at radius 3 is 2.31 bits per heavy atom. The molecule has 2 amide bonds. The first-order valence-electron chi connectivity index (χ1n) is 9.82. The fourth-order valence-electron chi connectivity index (χ4n) is 3.17. The van der Waals surface area contributed by atoms with Crippen molar-refractivity contribution < 1.29 is 19.4 Å². The zero-order valence-electron chi connectivity index (χ0n) is 16.3. The molecule has 154 valence electrons. The molecule has 29 heavy (non-hydrogen) atoms. The maximum absolute atomic E-state index is 12.5. The average molecular weight is 397 g/mol. The number of rotatable bonds is 8. The van der Waals surface area contributed by atoms with E-state index in [4.69, 9.17) is 4.74 Å². The number of aliphatic hydroxyl groups is 1. The van der Waals surface area contributed by atoms with Crippen LogP contribution in [0.3, 0.4) is 0 Å². The van der Waals surface area contributed by atoms with Gasteiger partial charge < -0.3 is 20.5 Å². The minimum atomic E-state index is -0.985. The number of ether oxygens (including phenoxy) is 1. The molecule has 3 N–H and O–H groups in total. The molecule has 1 heterocycles. The van der Waals surface area contributed by atoms with Gasteiger partial charge >= 0.3 is 0 Å². The molecule has 0 unspecified atom stereocenters. The lowest BCUT2D eigenvalue weighted by molar-refractivity contribution is -0.123. The lowest BCUT2D eigenvalue weighted by atomic mass is 10.0. The number of amides is 2. The lowest BCUT2D eigenvalue weighted by Gasteiger charge is -2.26. The van der Waals surface area contributed by atoms with Gasteiger partial charge in [0.05, 0.1) is 19.8 Å². The molecule has 1 aliphatic heterocycles. The van der Waals surface area contributed by atoms with Gasteiger partial charge in [0.2, 0.25) is 5.91 Å². The Morgan fingerprint density at radius 1 is 1.00 bits per heavy atom. The van der Waals surface area contributed by atoms with E-state index in [2.05, 4.69) is 15.5 Å². The van der Waals surface area contributed by atoms with Crippen LogP contribution < -0.4 is 10.6 Å². The van der Waals surface area contributed by atoms with Gasteiger partial charge in [0.15, 0.2) is 0 Å². The zero-order valence-corrected chi connectivity index (χ0v) is 16.3. The molecule has 0 radical (unpaired) electrons. The smallest absolute Gasteiger partial charge is 0.251 e. The van der Waals surface area contributed by atoms with E-state index in [-0.39, 0.29) is 0 Å². The van der Waals surface area contributed by atoms with Crippen LogP contribution in [0.25, 0.3) is 11.1 Å². The van der Waals surface area contributed by atoms with Gasteiger partial charge in [0, 0.05) is 31.7 Å². The molecule has 0 aliphatic carbocycles. The minimum Gasteiger partial charge on any atom is -0.394 e. The molecule has 0 spiro atoms. The molecule has 0 aromatic heterocycles. The molecule has 7 nitrogen and oxygen atoms in total. The third kappa shape index (κ3) is 6.12. The van der Waals surface area contributed by atoms with Crippen molar-refractivity contribution in [3.8, 4) is 11.1 Å². The number of morpholine rings is 1. The van der Waals surface area contributed by atoms with Crippen LogP contribution in [0.15, 0.2) is 54.6 Å². The van der Waals surface area contributed by atoms with Crippen molar-refractivity contribution in [3.05, 3.63) is 60.2 Å². The van der Waals surface area contributed by atoms with Crippen LogP contribution in [-0.2, 0) is 9.53 Å². The van der Waals surface area contributed by atoms with Gasteiger partial charge in [-0.05, 0) is 23.3 Å². The van der Waals surface area contributed by atoms with E-state index in [1.165, 1.54) is 0 Å². The first-order chi connectivity index (χ1) is 14.2. The van der Waals surface area contributed by atoms with Crippen molar-refractivity contribution in [3.63, 3.8) is 0 Å². The van der Waals surface area contributed by atoms with Crippen LogP contribution in [0.4, 0.5) is 0 Å². The summed E-state index contributed by atoms with van der Waals surface area (Å²) in [5.74, 6) is -0.790. The van der Waals surface area contributed by atoms with E-state index in [1.54, 1.807) is 12.1 Å². The van der Waals surface area contributed by atoms with Crippen molar-refractivity contribution in [1.82, 2.24) is 15.5 Å². The van der Waals surface area contributed by atoms with E-state index in [1.807, 2.05) is 42.5 Å². The highest BCUT2D eigenvalue weighted by Crippen LogP contribution is 2.19. The highest BCUT2D eigenvalue weighted by molar-refractivity contribution is 5.97. The highest BCUT2D eigenvalue weighted by atomic mass is 16.5. The molecule has 1 aliphatic rings. The maximum atomic E-state index is 12.5. The maximum Gasteiger partial charge on any atom is 0.251 e. The summed E-state index contributed by atoms with van der Waals surface area (Å²) in [5.41, 5.74) is 2.50. The SMILES string of the molecule is O=C(N[C@@H](CO)C(=O)NCCN1CCOCC1)c1ccc(-c2ccccc2)cc1. The molecule has 2 aromatic carbocycles. The van der Waals surface area contributed by atoms with Crippen LogP contribution in [0.2, 0.25) is 0 Å². The third-order valence-electron chi connectivity index (χ3n) is 4.89. The molecule has 0 bridgehead atoms. The molecule has 2 aromatic rings. The van der Waals surface area contributed by atoms with E-state index in [0.29, 0.717) is 31.9 Å². The number of nitrogens with zero attached hydrogens (tertiary/aromatic N) is 1. The van der Waals surface area contributed by atoms with E-state index in [0.717, 1.165) is 24.2 Å². The molecular formula is C22H27N3O4. The van der Waals surface area contributed by atoms with Gasteiger partial charge in [-0.3, -0.25) is 14.5 Å². The fraction of sp³-hybridized carbons (Fsp3) is 0.364. The van der Waals surface area contributed by atoms with Gasteiger partial charge in [-0.1, -0.05) is 42.5 Å². The van der Waals surface area contributed by atoms with Gasteiger partial charge in [0.25, 0.3) is 5.91 Å². The summed E-state index contributed by atoms with van der Waals surface area (Å²) in [6.45, 7) is 3.79. The number of aliphatic hydroxyl groups excluding tert-OH is 1. The number of nitrogens with one attached hydrogen (secondary N) is 2. The topological polar surface area (TPSA) is 90.9 Å². The van der Waals surface area contributed by atoms with Crippen LogP contribution in [0, 0.1) is 0 Å². The van der Waals surface area contributed by atoms with Crippen molar-refractivity contribution >= 4 is 11.8 Å². The summed E-state index contributed by atoms with van der Waals surface area (Å²) in [6, 6.07) is 16.0. The molecule has 7 heteroatoms. The Morgan fingerprint density at radius 2 is 1.66 bits per heavy atom. The van der Waals surface area contributed by atoms with Gasteiger partial charge in [0.1, 0.15) is 6.04 Å². The lowest BCUT2D eigenvalue weighted by Crippen LogP contribution is -2.50. The second kappa shape index (κ2) is 10.7. The van der Waals surface area contributed by atoms with E-state index in [9.17, 15) is 14.7 Å². The predicted molar refractivity (Wildman–Crippen MR) is 110 cm³/mol. The summed E-state index contributed by atoms with van der Waals surface area (Å²) in [5, 5.41) is 14.9. The summed E-state index contributed by atoms with van der Waals surface area (Å²) in [6.07, 6.45) is 0. The van der Waals surface area contributed by atoms with Crippen LogP contribution in [0.5, 0.6) is 0 Å². The average Bonchev–Trinajstić information content (AvgIpc) is 2.78. The number of carbonyl (C=O) groups is 2. The largest absolute Gasteiger partial charge is 0.394 e. The Kier molecular flexibility index (Phi) is 7.75. The third-order valence-corrected chi connectivity index (χ3v) is 4.89. The van der Waals surface area contributed by atoms with E-state index < -0.39 is 24.5 Å². The van der Waals surface area contributed by atoms with Gasteiger partial charge in [-0.25, -0.2) is 0 Å². The van der Waals surface area contributed by atoms with E-state index >= 15 is 0 Å². The van der Waals surface area contributed by atoms with Gasteiger partial charge in [-0.2, -0.15) is 0 Å². The second-order valence-corrected chi connectivity index (χ2v) is 6.90. The molecule has 1 saturated heterocycles. The zero-order chi connectivity index (χ0) is 20.5.